The maximum atomic E-state index is 15.2. The van der Waals surface area contributed by atoms with Crippen molar-refractivity contribution in [1.29, 1.82) is 0 Å². The minimum Gasteiger partial charge on any atom is -0.303 e. The summed E-state index contributed by atoms with van der Waals surface area (Å²) in [6.07, 6.45) is 4.70. The van der Waals surface area contributed by atoms with Gasteiger partial charge in [0.25, 0.3) is 0 Å². The number of imide groups is 1. The van der Waals surface area contributed by atoms with E-state index in [1.165, 1.54) is 6.07 Å². The number of nitrogens with zero attached hydrogens (tertiary/aromatic N) is 1. The summed E-state index contributed by atoms with van der Waals surface area (Å²) >= 11 is 6.65. The molecule has 1 N–H and O–H groups in total. The molecule has 2 aliphatic heterocycles. The molecule has 1 saturated carbocycles. The van der Waals surface area contributed by atoms with Crippen LogP contribution in [0.15, 0.2) is 36.4 Å². The van der Waals surface area contributed by atoms with Crippen molar-refractivity contribution < 1.29 is 18.8 Å². The van der Waals surface area contributed by atoms with Gasteiger partial charge in [0.05, 0.1) is 16.6 Å². The van der Waals surface area contributed by atoms with Crippen molar-refractivity contribution in [2.45, 2.75) is 56.4 Å². The fourth-order valence-electron chi connectivity index (χ4n) is 4.95. The molecular weight excluding hydrogens is 419 g/mol. The molecule has 1 aliphatic carbocycles. The van der Waals surface area contributed by atoms with Crippen molar-refractivity contribution >= 4 is 35.0 Å². The molecular formula is C24H22ClFN2O3. The van der Waals surface area contributed by atoms with Crippen LogP contribution in [-0.2, 0) is 14.4 Å². The Morgan fingerprint density at radius 1 is 1.06 bits per heavy atom. The number of rotatable bonds is 3. The summed E-state index contributed by atoms with van der Waals surface area (Å²) in [5, 5.41) is 2.72. The number of nitrogens with one attached hydrogen (secondary N) is 1. The fourth-order valence-corrected chi connectivity index (χ4v) is 5.32. The van der Waals surface area contributed by atoms with E-state index < -0.39 is 11.7 Å². The van der Waals surface area contributed by atoms with Gasteiger partial charge in [-0.1, -0.05) is 35.9 Å². The molecule has 5 nitrogen and oxygen atoms in total. The van der Waals surface area contributed by atoms with Crippen LogP contribution in [0.2, 0.25) is 5.02 Å². The maximum Gasteiger partial charge on any atom is 0.234 e. The third-order valence-corrected chi connectivity index (χ3v) is 7.15. The zero-order valence-corrected chi connectivity index (χ0v) is 17.7. The van der Waals surface area contributed by atoms with Gasteiger partial charge in [0.1, 0.15) is 5.82 Å². The molecule has 1 atom stereocenters. The number of piperidine rings is 2. The van der Waals surface area contributed by atoms with Crippen molar-refractivity contribution in [2.75, 3.05) is 4.90 Å². The second-order valence-corrected chi connectivity index (χ2v) is 9.06. The molecule has 2 aromatic rings. The SMILES string of the molecule is O=C1CCC(c2cccc(-c3ccc(N4C(=O)CCCC45CC5)c(F)c3)c2Cl)C(=O)N1. The number of halogens is 2. The minimum atomic E-state index is -0.519. The van der Waals surface area contributed by atoms with Gasteiger partial charge in [0.15, 0.2) is 0 Å². The molecule has 0 aromatic heterocycles. The Hall–Kier alpha value is -2.73. The summed E-state index contributed by atoms with van der Waals surface area (Å²) in [4.78, 5) is 38.0. The van der Waals surface area contributed by atoms with E-state index in [0.717, 1.165) is 25.7 Å². The molecule has 0 bridgehead atoms. The molecule has 1 spiro atoms. The summed E-state index contributed by atoms with van der Waals surface area (Å²) in [5.74, 6) is -1.65. The van der Waals surface area contributed by atoms with Crippen LogP contribution in [0.4, 0.5) is 10.1 Å². The molecule has 5 rings (SSSR count). The monoisotopic (exact) mass is 440 g/mol. The number of anilines is 1. The average Bonchev–Trinajstić information content (AvgIpc) is 3.49. The Bertz CT molecular complexity index is 1110. The predicted octanol–water partition coefficient (Wildman–Crippen LogP) is 4.72. The van der Waals surface area contributed by atoms with Gasteiger partial charge >= 0.3 is 0 Å². The lowest BCUT2D eigenvalue weighted by Crippen LogP contribution is -2.46. The van der Waals surface area contributed by atoms with Crippen LogP contribution in [0, 0.1) is 5.82 Å². The molecule has 3 aliphatic rings. The first-order valence-electron chi connectivity index (χ1n) is 10.6. The Morgan fingerprint density at radius 2 is 1.87 bits per heavy atom. The van der Waals surface area contributed by atoms with E-state index in [1.807, 2.05) is 0 Å². The first-order chi connectivity index (χ1) is 14.9. The molecule has 3 amide bonds. The van der Waals surface area contributed by atoms with E-state index >= 15 is 4.39 Å². The molecule has 31 heavy (non-hydrogen) atoms. The van der Waals surface area contributed by atoms with Crippen molar-refractivity contribution in [3.05, 3.63) is 52.8 Å². The molecule has 160 valence electrons. The minimum absolute atomic E-state index is 0.0201. The van der Waals surface area contributed by atoms with Gasteiger partial charge in [-0.25, -0.2) is 4.39 Å². The molecule has 2 aromatic carbocycles. The van der Waals surface area contributed by atoms with E-state index in [2.05, 4.69) is 5.32 Å². The fraction of sp³-hybridized carbons (Fsp3) is 0.375. The van der Waals surface area contributed by atoms with Crippen LogP contribution in [-0.4, -0.2) is 23.3 Å². The Balaban J connectivity index is 1.49. The topological polar surface area (TPSA) is 66.5 Å². The third kappa shape index (κ3) is 3.43. The smallest absolute Gasteiger partial charge is 0.234 e. The number of hydrogen-bond acceptors (Lipinski definition) is 3. The zero-order valence-electron chi connectivity index (χ0n) is 16.9. The van der Waals surface area contributed by atoms with Crippen LogP contribution < -0.4 is 10.2 Å². The highest BCUT2D eigenvalue weighted by atomic mass is 35.5. The lowest BCUT2D eigenvalue weighted by atomic mass is 9.88. The highest BCUT2D eigenvalue weighted by Gasteiger charge is 2.52. The molecule has 1 unspecified atom stereocenters. The van der Waals surface area contributed by atoms with Gasteiger partial charge in [0, 0.05) is 23.9 Å². The van der Waals surface area contributed by atoms with Gasteiger partial charge in [-0.3, -0.25) is 19.7 Å². The predicted molar refractivity (Wildman–Crippen MR) is 115 cm³/mol. The normalized spacial score (nSPS) is 22.6. The zero-order chi connectivity index (χ0) is 21.8. The second-order valence-electron chi connectivity index (χ2n) is 8.69. The third-order valence-electron chi connectivity index (χ3n) is 6.73. The quantitative estimate of drug-likeness (QED) is 0.702. The largest absolute Gasteiger partial charge is 0.303 e. The number of carbonyl (C=O) groups excluding carboxylic acids is 3. The van der Waals surface area contributed by atoms with Crippen LogP contribution in [0.1, 0.15) is 56.4 Å². The van der Waals surface area contributed by atoms with Gasteiger partial charge in [0.2, 0.25) is 17.7 Å². The van der Waals surface area contributed by atoms with Crippen LogP contribution in [0.5, 0.6) is 0 Å². The molecule has 2 heterocycles. The van der Waals surface area contributed by atoms with Crippen molar-refractivity contribution in [2.24, 2.45) is 0 Å². The highest BCUT2D eigenvalue weighted by molar-refractivity contribution is 6.34. The maximum absolute atomic E-state index is 15.2. The average molecular weight is 441 g/mol. The Morgan fingerprint density at radius 3 is 2.58 bits per heavy atom. The summed E-state index contributed by atoms with van der Waals surface area (Å²) in [6.45, 7) is 0. The van der Waals surface area contributed by atoms with E-state index in [9.17, 15) is 14.4 Å². The standard InChI is InChI=1S/C24H22ClFN2O3/c25-22-15(3-1-4-16(22)17-7-9-20(29)27-23(17)31)14-6-8-19(18(26)13-14)28-21(30)5-2-10-24(28)11-12-24/h1,3-4,6,8,13,17H,2,5,7,9-12H2,(H,27,29,31). The summed E-state index contributed by atoms with van der Waals surface area (Å²) in [7, 11) is 0. The van der Waals surface area contributed by atoms with Crippen LogP contribution in [0.3, 0.4) is 0 Å². The van der Waals surface area contributed by atoms with E-state index in [-0.39, 0.29) is 29.7 Å². The molecule has 2 saturated heterocycles. The number of hydrogen-bond donors (Lipinski definition) is 1. The second kappa shape index (κ2) is 7.45. The summed E-state index contributed by atoms with van der Waals surface area (Å²) < 4.78 is 15.2. The van der Waals surface area contributed by atoms with Gasteiger partial charge < -0.3 is 4.90 Å². The van der Waals surface area contributed by atoms with E-state index in [0.29, 0.717) is 40.2 Å². The van der Waals surface area contributed by atoms with Crippen molar-refractivity contribution in [1.82, 2.24) is 5.32 Å². The summed E-state index contributed by atoms with van der Waals surface area (Å²) in [5.41, 5.74) is 1.93. The number of benzene rings is 2. The highest BCUT2D eigenvalue weighted by Crippen LogP contribution is 2.51. The van der Waals surface area contributed by atoms with Gasteiger partial charge in [-0.15, -0.1) is 0 Å². The van der Waals surface area contributed by atoms with Crippen LogP contribution in [0.25, 0.3) is 11.1 Å². The van der Waals surface area contributed by atoms with Gasteiger partial charge in [-0.05, 0) is 55.4 Å². The Kier molecular flexibility index (Phi) is 4.85. The van der Waals surface area contributed by atoms with E-state index in [4.69, 9.17) is 11.6 Å². The Labute approximate surface area is 184 Å². The molecule has 0 radical (unpaired) electrons. The van der Waals surface area contributed by atoms with E-state index in [1.54, 1.807) is 35.2 Å². The van der Waals surface area contributed by atoms with Crippen molar-refractivity contribution in [3.63, 3.8) is 0 Å². The number of amides is 3. The van der Waals surface area contributed by atoms with Crippen molar-refractivity contribution in [3.8, 4) is 11.1 Å². The lowest BCUT2D eigenvalue weighted by Gasteiger charge is -2.36. The first-order valence-corrected chi connectivity index (χ1v) is 11.0. The molecule has 3 fully saturated rings. The lowest BCUT2D eigenvalue weighted by molar-refractivity contribution is -0.134. The van der Waals surface area contributed by atoms with Crippen LogP contribution >= 0.6 is 11.6 Å². The first kappa shape index (κ1) is 20.2. The molecule has 7 heteroatoms. The summed E-state index contributed by atoms with van der Waals surface area (Å²) in [6, 6.07) is 10.2. The number of carbonyl (C=O) groups is 3. The van der Waals surface area contributed by atoms with Gasteiger partial charge in [-0.2, -0.15) is 0 Å².